The molecule has 0 saturated carbocycles. The first-order valence-corrected chi connectivity index (χ1v) is 8.05. The number of nitrogens with zero attached hydrogens (tertiary/aromatic N) is 1. The summed E-state index contributed by atoms with van der Waals surface area (Å²) in [5.74, 6) is 0.359. The van der Waals surface area contributed by atoms with Gasteiger partial charge in [0.1, 0.15) is 0 Å². The molecular formula is C16H20N4OS. The molecule has 2 aromatic rings. The predicted octanol–water partition coefficient (Wildman–Crippen LogP) is 2.10. The highest BCUT2D eigenvalue weighted by molar-refractivity contribution is 7.07. The lowest BCUT2D eigenvalue weighted by Crippen LogP contribution is -2.36. The van der Waals surface area contributed by atoms with Gasteiger partial charge in [0.2, 0.25) is 5.91 Å². The van der Waals surface area contributed by atoms with Gasteiger partial charge in [-0.25, -0.2) is 4.99 Å². The van der Waals surface area contributed by atoms with E-state index in [9.17, 15) is 4.79 Å². The topological polar surface area (TPSA) is 79.5 Å². The molecule has 0 aliphatic rings. The zero-order chi connectivity index (χ0) is 15.8. The van der Waals surface area contributed by atoms with Gasteiger partial charge < -0.3 is 16.4 Å². The lowest BCUT2D eigenvalue weighted by atomic mass is 10.1. The minimum absolute atomic E-state index is 0.412. The maximum atomic E-state index is 11.0. The molecule has 0 radical (unpaired) electrons. The van der Waals surface area contributed by atoms with Gasteiger partial charge >= 0.3 is 0 Å². The van der Waals surface area contributed by atoms with E-state index in [1.54, 1.807) is 23.5 Å². The van der Waals surface area contributed by atoms with Crippen molar-refractivity contribution in [2.75, 3.05) is 6.54 Å². The second-order valence-corrected chi connectivity index (χ2v) is 5.52. The second kappa shape index (κ2) is 8.19. The molecule has 0 unspecified atom stereocenters. The number of carbonyl (C=O) groups excluding carboxylic acids is 1. The minimum atomic E-state index is -0.412. The molecular weight excluding hydrogens is 296 g/mol. The molecule has 0 aliphatic carbocycles. The first-order valence-electron chi connectivity index (χ1n) is 7.11. The Morgan fingerprint density at radius 1 is 1.18 bits per heavy atom. The highest BCUT2D eigenvalue weighted by Crippen LogP contribution is 2.07. The van der Waals surface area contributed by atoms with Crippen LogP contribution >= 0.6 is 11.3 Å². The van der Waals surface area contributed by atoms with Crippen LogP contribution in [0.1, 0.15) is 28.4 Å². The number of hydrogen-bond acceptors (Lipinski definition) is 3. The normalized spacial score (nSPS) is 11.2. The van der Waals surface area contributed by atoms with E-state index in [1.807, 2.05) is 24.4 Å². The predicted molar refractivity (Wildman–Crippen MR) is 90.9 cm³/mol. The number of thiophene rings is 1. The standard InChI is InChI=1S/C16H20N4OS/c1-2-18-16(20-10-13-7-8-22-11-13)19-9-12-3-5-14(6-4-12)15(17)21/h3-8,11H,2,9-10H2,1H3,(H2,17,21)(H2,18,19,20). The lowest BCUT2D eigenvalue weighted by molar-refractivity contribution is 0.100. The van der Waals surface area contributed by atoms with E-state index in [0.29, 0.717) is 18.7 Å². The van der Waals surface area contributed by atoms with Crippen LogP contribution < -0.4 is 16.4 Å². The van der Waals surface area contributed by atoms with Crippen molar-refractivity contribution < 1.29 is 4.79 Å². The average molecular weight is 316 g/mol. The summed E-state index contributed by atoms with van der Waals surface area (Å²) in [5.41, 5.74) is 8.01. The molecule has 0 aliphatic heterocycles. The highest BCUT2D eigenvalue weighted by Gasteiger charge is 2.01. The third-order valence-electron chi connectivity index (χ3n) is 3.04. The summed E-state index contributed by atoms with van der Waals surface area (Å²) in [6, 6.07) is 9.30. The van der Waals surface area contributed by atoms with Gasteiger partial charge in [-0.3, -0.25) is 4.79 Å². The maximum Gasteiger partial charge on any atom is 0.248 e. The third kappa shape index (κ3) is 4.89. The molecule has 0 saturated heterocycles. The summed E-state index contributed by atoms with van der Waals surface area (Å²) in [7, 11) is 0. The van der Waals surface area contributed by atoms with Crippen molar-refractivity contribution in [3.05, 3.63) is 57.8 Å². The SMILES string of the molecule is CCNC(=NCc1ccsc1)NCc1ccc(C(N)=O)cc1. The molecule has 1 amide bonds. The van der Waals surface area contributed by atoms with Gasteiger partial charge in [0.25, 0.3) is 0 Å². The fourth-order valence-electron chi connectivity index (χ4n) is 1.87. The number of amides is 1. The van der Waals surface area contributed by atoms with E-state index in [1.165, 1.54) is 5.56 Å². The molecule has 0 bridgehead atoms. The largest absolute Gasteiger partial charge is 0.366 e. The van der Waals surface area contributed by atoms with Crippen molar-refractivity contribution in [1.29, 1.82) is 0 Å². The van der Waals surface area contributed by atoms with Gasteiger partial charge in [-0.05, 0) is 47.0 Å². The van der Waals surface area contributed by atoms with Crippen LogP contribution in [0.3, 0.4) is 0 Å². The number of aliphatic imine (C=N–C) groups is 1. The summed E-state index contributed by atoms with van der Waals surface area (Å²) in [6.45, 7) is 4.12. The molecule has 5 nitrogen and oxygen atoms in total. The fraction of sp³-hybridized carbons (Fsp3) is 0.250. The summed E-state index contributed by atoms with van der Waals surface area (Å²) < 4.78 is 0. The number of rotatable bonds is 6. The quantitative estimate of drug-likeness (QED) is 0.564. The monoisotopic (exact) mass is 316 g/mol. The van der Waals surface area contributed by atoms with Crippen LogP contribution in [-0.2, 0) is 13.1 Å². The number of benzene rings is 1. The third-order valence-corrected chi connectivity index (χ3v) is 3.77. The molecule has 116 valence electrons. The summed E-state index contributed by atoms with van der Waals surface area (Å²) >= 11 is 1.67. The van der Waals surface area contributed by atoms with E-state index >= 15 is 0 Å². The van der Waals surface area contributed by atoms with Crippen molar-refractivity contribution in [1.82, 2.24) is 10.6 Å². The first kappa shape index (κ1) is 16.0. The van der Waals surface area contributed by atoms with Crippen LogP contribution in [0.15, 0.2) is 46.1 Å². The molecule has 2 rings (SSSR count). The second-order valence-electron chi connectivity index (χ2n) is 4.74. The number of guanidine groups is 1. The van der Waals surface area contributed by atoms with E-state index in [4.69, 9.17) is 5.73 Å². The van der Waals surface area contributed by atoms with Gasteiger partial charge in [0.05, 0.1) is 6.54 Å². The van der Waals surface area contributed by atoms with E-state index in [2.05, 4.69) is 27.1 Å². The Bertz CT molecular complexity index is 620. The Hall–Kier alpha value is -2.34. The smallest absolute Gasteiger partial charge is 0.248 e. The average Bonchev–Trinajstić information content (AvgIpc) is 3.04. The van der Waals surface area contributed by atoms with E-state index in [0.717, 1.165) is 18.1 Å². The van der Waals surface area contributed by atoms with E-state index in [-0.39, 0.29) is 0 Å². The van der Waals surface area contributed by atoms with Crippen LogP contribution in [0.4, 0.5) is 0 Å². The number of carbonyl (C=O) groups is 1. The molecule has 4 N–H and O–H groups in total. The molecule has 1 aromatic heterocycles. The Kier molecular flexibility index (Phi) is 5.97. The number of primary amides is 1. The van der Waals surface area contributed by atoms with Crippen LogP contribution in [0.2, 0.25) is 0 Å². The zero-order valence-corrected chi connectivity index (χ0v) is 13.3. The van der Waals surface area contributed by atoms with Crippen LogP contribution in [0.5, 0.6) is 0 Å². The number of nitrogens with two attached hydrogens (primary N) is 1. The van der Waals surface area contributed by atoms with Crippen LogP contribution in [-0.4, -0.2) is 18.4 Å². The number of hydrogen-bond donors (Lipinski definition) is 3. The summed E-state index contributed by atoms with van der Waals surface area (Å²) in [6.07, 6.45) is 0. The Morgan fingerprint density at radius 2 is 1.95 bits per heavy atom. The fourth-order valence-corrected chi connectivity index (χ4v) is 2.53. The lowest BCUT2D eigenvalue weighted by Gasteiger charge is -2.11. The van der Waals surface area contributed by atoms with Gasteiger partial charge in [-0.1, -0.05) is 12.1 Å². The Balaban J connectivity index is 1.93. The molecule has 0 spiro atoms. The molecule has 0 fully saturated rings. The Labute approximate surface area is 134 Å². The highest BCUT2D eigenvalue weighted by atomic mass is 32.1. The summed E-state index contributed by atoms with van der Waals surface area (Å²) in [5, 5.41) is 10.6. The maximum absolute atomic E-state index is 11.0. The van der Waals surface area contributed by atoms with Gasteiger partial charge in [-0.15, -0.1) is 0 Å². The van der Waals surface area contributed by atoms with Crippen molar-refractivity contribution in [2.24, 2.45) is 10.7 Å². The van der Waals surface area contributed by atoms with E-state index < -0.39 is 5.91 Å². The van der Waals surface area contributed by atoms with Crippen LogP contribution in [0, 0.1) is 0 Å². The van der Waals surface area contributed by atoms with Crippen LogP contribution in [0.25, 0.3) is 0 Å². The van der Waals surface area contributed by atoms with Crippen molar-refractivity contribution in [3.63, 3.8) is 0 Å². The number of nitrogens with one attached hydrogen (secondary N) is 2. The van der Waals surface area contributed by atoms with Gasteiger partial charge in [-0.2, -0.15) is 11.3 Å². The minimum Gasteiger partial charge on any atom is -0.366 e. The molecule has 1 heterocycles. The zero-order valence-electron chi connectivity index (χ0n) is 12.5. The molecule has 0 atom stereocenters. The first-order chi connectivity index (χ1) is 10.7. The molecule has 6 heteroatoms. The van der Waals surface area contributed by atoms with Crippen molar-refractivity contribution >= 4 is 23.2 Å². The van der Waals surface area contributed by atoms with Crippen molar-refractivity contribution in [3.8, 4) is 0 Å². The summed E-state index contributed by atoms with van der Waals surface area (Å²) in [4.78, 5) is 15.6. The Morgan fingerprint density at radius 3 is 2.55 bits per heavy atom. The van der Waals surface area contributed by atoms with Gasteiger partial charge in [0, 0.05) is 18.7 Å². The van der Waals surface area contributed by atoms with Gasteiger partial charge in [0.15, 0.2) is 5.96 Å². The molecule has 1 aromatic carbocycles. The van der Waals surface area contributed by atoms with Crippen molar-refractivity contribution in [2.45, 2.75) is 20.0 Å². The molecule has 22 heavy (non-hydrogen) atoms.